The van der Waals surface area contributed by atoms with E-state index < -0.39 is 31.2 Å². The maximum absolute atomic E-state index is 12.4. The lowest BCUT2D eigenvalue weighted by Crippen LogP contribution is -2.26. The highest BCUT2D eigenvalue weighted by molar-refractivity contribution is 6.10. The van der Waals surface area contributed by atoms with Gasteiger partial charge >= 0.3 is 6.18 Å². The summed E-state index contributed by atoms with van der Waals surface area (Å²) in [5.74, 6) is -0.936. The predicted octanol–water partition coefficient (Wildman–Crippen LogP) is 2.15. The molecule has 1 aromatic carbocycles. The summed E-state index contributed by atoms with van der Waals surface area (Å²) in [5.41, 5.74) is 13.5. The highest BCUT2D eigenvalue weighted by Crippen LogP contribution is 2.35. The molecule has 0 fully saturated rings. The Morgan fingerprint density at radius 1 is 1.32 bits per heavy atom. The first-order valence-electron chi connectivity index (χ1n) is 9.15. The minimum absolute atomic E-state index is 0.00912. The van der Waals surface area contributed by atoms with Crippen LogP contribution < -0.4 is 16.8 Å². The molecule has 0 bridgehead atoms. The van der Waals surface area contributed by atoms with Crippen molar-refractivity contribution in [3.63, 3.8) is 0 Å². The molecule has 0 spiro atoms. The monoisotopic (exact) mass is 438 g/mol. The number of nitrogen functional groups attached to an aromatic ring is 1. The van der Waals surface area contributed by atoms with Gasteiger partial charge in [0.05, 0.1) is 29.2 Å². The third kappa shape index (κ3) is 4.33. The van der Waals surface area contributed by atoms with E-state index in [9.17, 15) is 28.2 Å². The van der Waals surface area contributed by atoms with Crippen LogP contribution in [0.1, 0.15) is 27.9 Å². The maximum atomic E-state index is 12.4. The smallest absolute Gasteiger partial charge is 0.391 e. The van der Waals surface area contributed by atoms with Crippen LogP contribution in [0.15, 0.2) is 18.3 Å². The fourth-order valence-corrected chi connectivity index (χ4v) is 3.37. The first-order valence-corrected chi connectivity index (χ1v) is 9.15. The van der Waals surface area contributed by atoms with Crippen LogP contribution in [0.5, 0.6) is 5.75 Å². The van der Waals surface area contributed by atoms with Gasteiger partial charge in [0.2, 0.25) is 5.95 Å². The number of nitrogens with two attached hydrogens (primary N) is 2. The van der Waals surface area contributed by atoms with Crippen molar-refractivity contribution < 1.29 is 28.2 Å². The number of benzene rings is 1. The van der Waals surface area contributed by atoms with E-state index in [1.165, 1.54) is 16.8 Å². The van der Waals surface area contributed by atoms with Gasteiger partial charge < -0.3 is 27.0 Å². The summed E-state index contributed by atoms with van der Waals surface area (Å²) in [7, 11) is 0. The summed E-state index contributed by atoms with van der Waals surface area (Å²) in [6.07, 6.45) is -6.34. The molecule has 1 unspecified atom stereocenters. The Kier molecular flexibility index (Phi) is 5.68. The number of phenolic OH excluding ortho intramolecular Hbond substituents is 1. The van der Waals surface area contributed by atoms with E-state index in [1.807, 2.05) is 0 Å². The Morgan fingerprint density at radius 2 is 2.00 bits per heavy atom. The number of hydrogen-bond donors (Lipinski definition) is 5. The minimum atomic E-state index is -4.52. The number of rotatable bonds is 6. The number of fused-ring (bicyclic) bond motifs is 1. The number of aliphatic hydroxyl groups excluding tert-OH is 1. The molecule has 3 aromatic rings. The average molecular weight is 438 g/mol. The number of carbonyl (C=O) groups is 1. The molecule has 2 heterocycles. The van der Waals surface area contributed by atoms with Gasteiger partial charge in [0.1, 0.15) is 11.6 Å². The van der Waals surface area contributed by atoms with Crippen molar-refractivity contribution in [1.82, 2.24) is 14.5 Å². The van der Waals surface area contributed by atoms with Gasteiger partial charge in [0, 0.05) is 18.3 Å². The van der Waals surface area contributed by atoms with Gasteiger partial charge in [-0.2, -0.15) is 18.2 Å². The predicted molar refractivity (Wildman–Crippen MR) is 108 cm³/mol. The second-order valence-corrected chi connectivity index (χ2v) is 7.12. The van der Waals surface area contributed by atoms with Gasteiger partial charge in [0.25, 0.3) is 5.91 Å². The van der Waals surface area contributed by atoms with E-state index in [0.717, 1.165) is 0 Å². The maximum Gasteiger partial charge on any atom is 0.391 e. The fraction of sp³-hybridized carbons (Fsp3) is 0.316. The lowest BCUT2D eigenvalue weighted by molar-refractivity contribution is -0.151. The SMILES string of the molecule is Cc1ccc(O)c(C)c1-n1c(N)c(C(N)=O)c2cnc(NCC(O)CC(F)(F)F)nc21. The number of primary amides is 1. The lowest BCUT2D eigenvalue weighted by atomic mass is 10.1. The van der Waals surface area contributed by atoms with Crippen molar-refractivity contribution in [3.8, 4) is 11.4 Å². The molecule has 0 saturated heterocycles. The van der Waals surface area contributed by atoms with Crippen LogP contribution in [0.25, 0.3) is 16.7 Å². The number of nitrogens with zero attached hydrogens (tertiary/aromatic N) is 3. The largest absolute Gasteiger partial charge is 0.508 e. The van der Waals surface area contributed by atoms with E-state index in [1.54, 1.807) is 19.9 Å². The molecule has 1 amide bonds. The number of nitrogens with one attached hydrogen (secondary N) is 1. The van der Waals surface area contributed by atoms with Crippen LogP contribution >= 0.6 is 0 Å². The van der Waals surface area contributed by atoms with Crippen LogP contribution in [0.3, 0.4) is 0 Å². The molecule has 0 saturated carbocycles. The number of amides is 1. The molecule has 3 rings (SSSR count). The molecule has 7 N–H and O–H groups in total. The molecule has 0 radical (unpaired) electrons. The van der Waals surface area contributed by atoms with Crippen molar-refractivity contribution in [2.45, 2.75) is 32.5 Å². The number of phenols is 1. The molecule has 1 atom stereocenters. The highest BCUT2D eigenvalue weighted by atomic mass is 19.4. The second kappa shape index (κ2) is 7.95. The van der Waals surface area contributed by atoms with Crippen molar-refractivity contribution in [1.29, 1.82) is 0 Å². The molecule has 166 valence electrons. The summed E-state index contributed by atoms with van der Waals surface area (Å²) in [5, 5.41) is 22.5. The number of alkyl halides is 3. The van der Waals surface area contributed by atoms with E-state index in [-0.39, 0.29) is 34.1 Å². The van der Waals surface area contributed by atoms with Crippen LogP contribution in [0.2, 0.25) is 0 Å². The van der Waals surface area contributed by atoms with Crippen molar-refractivity contribution in [2.24, 2.45) is 5.73 Å². The Hall–Kier alpha value is -3.54. The third-order valence-electron chi connectivity index (χ3n) is 4.78. The molecular weight excluding hydrogens is 417 g/mol. The Balaban J connectivity index is 2.12. The standard InChI is InChI=1S/C19H21F3N6O3/c1-8-3-4-12(30)9(2)14(8)28-15(23)13(16(24)31)11-7-26-18(27-17(11)28)25-6-10(29)5-19(20,21)22/h3-4,7,10,29-30H,5-6,23H2,1-2H3,(H2,24,31)(H,25,26,27). The number of aliphatic hydroxyl groups is 1. The molecule has 12 heteroatoms. The van der Waals surface area contributed by atoms with Gasteiger partial charge in [-0.25, -0.2) is 4.98 Å². The van der Waals surface area contributed by atoms with Gasteiger partial charge in [-0.05, 0) is 25.5 Å². The number of hydrogen-bond acceptors (Lipinski definition) is 7. The second-order valence-electron chi connectivity index (χ2n) is 7.12. The summed E-state index contributed by atoms with van der Waals surface area (Å²) in [6.45, 7) is 2.97. The normalized spacial score (nSPS) is 12.8. The highest BCUT2D eigenvalue weighted by Gasteiger charge is 2.31. The average Bonchev–Trinajstić information content (AvgIpc) is 2.94. The van der Waals surface area contributed by atoms with E-state index in [0.29, 0.717) is 16.8 Å². The quantitative estimate of drug-likeness (QED) is 0.395. The van der Waals surface area contributed by atoms with Crippen molar-refractivity contribution in [2.75, 3.05) is 17.6 Å². The number of aryl methyl sites for hydroxylation is 1. The lowest BCUT2D eigenvalue weighted by Gasteiger charge is -2.16. The number of aromatic nitrogens is 3. The summed E-state index contributed by atoms with van der Waals surface area (Å²) < 4.78 is 38.7. The zero-order valence-corrected chi connectivity index (χ0v) is 16.7. The van der Waals surface area contributed by atoms with Gasteiger partial charge in [-0.3, -0.25) is 9.36 Å². The topological polar surface area (TPSA) is 152 Å². The summed E-state index contributed by atoms with van der Waals surface area (Å²) >= 11 is 0. The molecule has 9 nitrogen and oxygen atoms in total. The first kappa shape index (κ1) is 22.2. The number of halogens is 3. The molecule has 31 heavy (non-hydrogen) atoms. The number of aromatic hydroxyl groups is 1. The summed E-state index contributed by atoms with van der Waals surface area (Å²) in [6, 6.07) is 3.16. The van der Waals surface area contributed by atoms with Gasteiger partial charge in [-0.15, -0.1) is 0 Å². The van der Waals surface area contributed by atoms with Crippen LogP contribution in [-0.2, 0) is 0 Å². The van der Waals surface area contributed by atoms with Crippen LogP contribution in [0, 0.1) is 13.8 Å². The third-order valence-corrected chi connectivity index (χ3v) is 4.78. The summed E-state index contributed by atoms with van der Waals surface area (Å²) in [4.78, 5) is 20.3. The molecule has 0 aliphatic heterocycles. The zero-order valence-electron chi connectivity index (χ0n) is 16.7. The first-order chi connectivity index (χ1) is 14.4. The molecule has 2 aromatic heterocycles. The zero-order chi connectivity index (χ0) is 23.1. The Labute approximate surface area is 174 Å². The number of carbonyl (C=O) groups excluding carboxylic acids is 1. The molecular formula is C19H21F3N6O3. The van der Waals surface area contributed by atoms with Crippen molar-refractivity contribution in [3.05, 3.63) is 35.0 Å². The van der Waals surface area contributed by atoms with Crippen molar-refractivity contribution >= 4 is 28.7 Å². The Bertz CT molecular complexity index is 1160. The molecule has 0 aliphatic carbocycles. The number of anilines is 2. The fourth-order valence-electron chi connectivity index (χ4n) is 3.37. The van der Waals surface area contributed by atoms with Crippen LogP contribution in [0.4, 0.5) is 24.9 Å². The minimum Gasteiger partial charge on any atom is -0.508 e. The Morgan fingerprint density at radius 3 is 2.61 bits per heavy atom. The van der Waals surface area contributed by atoms with Gasteiger partial charge in [-0.1, -0.05) is 6.07 Å². The van der Waals surface area contributed by atoms with E-state index >= 15 is 0 Å². The van der Waals surface area contributed by atoms with Crippen LogP contribution in [-0.4, -0.2) is 49.5 Å². The van der Waals surface area contributed by atoms with E-state index in [2.05, 4.69) is 15.3 Å². The van der Waals surface area contributed by atoms with E-state index in [4.69, 9.17) is 11.5 Å². The van der Waals surface area contributed by atoms with Gasteiger partial charge in [0.15, 0.2) is 5.65 Å². The molecule has 0 aliphatic rings.